The van der Waals surface area contributed by atoms with Crippen LogP contribution in [-0.2, 0) is 14.3 Å². The number of hydrogen-bond donors (Lipinski definition) is 0. The highest BCUT2D eigenvalue weighted by atomic mass is 16.5. The lowest BCUT2D eigenvalue weighted by atomic mass is 9.90. The van der Waals surface area contributed by atoms with Gasteiger partial charge in [-0.1, -0.05) is 12.1 Å². The summed E-state index contributed by atoms with van der Waals surface area (Å²) < 4.78 is 10.8. The van der Waals surface area contributed by atoms with Gasteiger partial charge in [0.15, 0.2) is 0 Å². The minimum atomic E-state index is -0.146. The third-order valence-corrected chi connectivity index (χ3v) is 5.47. The normalized spacial score (nSPS) is 19.2. The summed E-state index contributed by atoms with van der Waals surface area (Å²) in [6, 6.07) is 11.8. The molecule has 2 aromatic rings. The van der Waals surface area contributed by atoms with E-state index < -0.39 is 0 Å². The smallest absolute Gasteiger partial charge is 0.306 e. The van der Waals surface area contributed by atoms with Gasteiger partial charge in [-0.3, -0.25) is 14.6 Å². The van der Waals surface area contributed by atoms with E-state index in [2.05, 4.69) is 17.1 Å². The van der Waals surface area contributed by atoms with Crippen molar-refractivity contribution in [3.63, 3.8) is 0 Å². The average Bonchev–Trinajstić information content (AvgIpc) is 3.07. The van der Waals surface area contributed by atoms with Crippen molar-refractivity contribution in [2.45, 2.75) is 32.1 Å². The number of ether oxygens (including phenoxy) is 2. The van der Waals surface area contributed by atoms with Crippen LogP contribution in [0.2, 0.25) is 0 Å². The van der Waals surface area contributed by atoms with E-state index in [9.17, 15) is 9.59 Å². The zero-order valence-electron chi connectivity index (χ0n) is 16.0. The molecule has 3 heterocycles. The standard InChI is InChI=1S/C22H24N2O4/c1-15-20(3-2-10-23-15)28-19-7-5-17(6-8-19)18-12-24(13-18)21(25)9-4-16-11-22(26)27-14-16/h2-3,5-8,10,16,18H,4,9,11-14H2,1H3/t16-/m0/s1. The first-order chi connectivity index (χ1) is 13.6. The van der Waals surface area contributed by atoms with Gasteiger partial charge in [-0.25, -0.2) is 0 Å². The van der Waals surface area contributed by atoms with Crippen LogP contribution in [0.1, 0.15) is 36.4 Å². The molecule has 4 rings (SSSR count). The predicted molar refractivity (Wildman–Crippen MR) is 103 cm³/mol. The van der Waals surface area contributed by atoms with Crippen molar-refractivity contribution in [3.05, 3.63) is 53.9 Å². The van der Waals surface area contributed by atoms with Gasteiger partial charge < -0.3 is 14.4 Å². The Morgan fingerprint density at radius 3 is 2.71 bits per heavy atom. The summed E-state index contributed by atoms with van der Waals surface area (Å²) in [6.45, 7) is 3.88. The Balaban J connectivity index is 1.24. The first kappa shape index (κ1) is 18.5. The van der Waals surface area contributed by atoms with Crippen molar-refractivity contribution in [2.75, 3.05) is 19.7 Å². The molecule has 1 aromatic carbocycles. The van der Waals surface area contributed by atoms with Gasteiger partial charge in [0, 0.05) is 37.5 Å². The van der Waals surface area contributed by atoms with Crippen LogP contribution in [0.3, 0.4) is 0 Å². The lowest BCUT2D eigenvalue weighted by molar-refractivity contribution is -0.138. The molecule has 28 heavy (non-hydrogen) atoms. The molecule has 146 valence electrons. The fourth-order valence-electron chi connectivity index (χ4n) is 3.64. The molecule has 6 heteroatoms. The lowest BCUT2D eigenvalue weighted by Crippen LogP contribution is -2.48. The number of pyridine rings is 1. The number of likely N-dealkylation sites (tertiary alicyclic amines) is 1. The van der Waals surface area contributed by atoms with Crippen molar-refractivity contribution in [3.8, 4) is 11.5 Å². The number of carbonyl (C=O) groups excluding carboxylic acids is 2. The zero-order valence-corrected chi connectivity index (χ0v) is 16.0. The van der Waals surface area contributed by atoms with Crippen molar-refractivity contribution in [1.29, 1.82) is 0 Å². The third kappa shape index (κ3) is 4.16. The lowest BCUT2D eigenvalue weighted by Gasteiger charge is -2.40. The van der Waals surface area contributed by atoms with Crippen LogP contribution in [-0.4, -0.2) is 41.5 Å². The number of aryl methyl sites for hydroxylation is 1. The van der Waals surface area contributed by atoms with E-state index in [0.29, 0.717) is 25.4 Å². The van der Waals surface area contributed by atoms with Gasteiger partial charge in [-0.2, -0.15) is 0 Å². The Labute approximate surface area is 164 Å². The van der Waals surface area contributed by atoms with Crippen LogP contribution < -0.4 is 4.74 Å². The minimum absolute atomic E-state index is 0.146. The molecule has 0 unspecified atom stereocenters. The van der Waals surface area contributed by atoms with Gasteiger partial charge >= 0.3 is 5.97 Å². The first-order valence-electron chi connectivity index (χ1n) is 9.71. The Bertz CT molecular complexity index is 859. The number of nitrogens with zero attached hydrogens (tertiary/aromatic N) is 2. The molecule has 0 radical (unpaired) electrons. The SMILES string of the molecule is Cc1ncccc1Oc1ccc(C2CN(C(=O)CC[C@@H]3COC(=O)C3)C2)cc1. The maximum atomic E-state index is 12.3. The second-order valence-electron chi connectivity index (χ2n) is 7.55. The monoisotopic (exact) mass is 380 g/mol. The molecule has 1 atom stereocenters. The summed E-state index contributed by atoms with van der Waals surface area (Å²) in [7, 11) is 0. The van der Waals surface area contributed by atoms with E-state index in [1.54, 1.807) is 6.20 Å². The number of aromatic nitrogens is 1. The van der Waals surface area contributed by atoms with Crippen molar-refractivity contribution in [1.82, 2.24) is 9.88 Å². The quantitative estimate of drug-likeness (QED) is 0.718. The molecule has 2 fully saturated rings. The summed E-state index contributed by atoms with van der Waals surface area (Å²) >= 11 is 0. The predicted octanol–water partition coefficient (Wildman–Crippen LogP) is 3.45. The van der Waals surface area contributed by atoms with Crippen molar-refractivity contribution in [2.24, 2.45) is 5.92 Å². The topological polar surface area (TPSA) is 68.7 Å². The molecule has 2 aliphatic rings. The second kappa shape index (κ2) is 8.00. The molecule has 2 saturated heterocycles. The number of carbonyl (C=O) groups is 2. The first-order valence-corrected chi connectivity index (χ1v) is 9.71. The van der Waals surface area contributed by atoms with E-state index >= 15 is 0 Å². The molecule has 2 aliphatic heterocycles. The highest BCUT2D eigenvalue weighted by Crippen LogP contribution is 2.31. The van der Waals surface area contributed by atoms with Gasteiger partial charge in [0.1, 0.15) is 11.5 Å². The number of hydrogen-bond acceptors (Lipinski definition) is 5. The van der Waals surface area contributed by atoms with Crippen LogP contribution in [0.15, 0.2) is 42.6 Å². The molecular weight excluding hydrogens is 356 g/mol. The number of benzene rings is 1. The molecule has 0 aliphatic carbocycles. The molecule has 1 amide bonds. The van der Waals surface area contributed by atoms with E-state index in [1.165, 1.54) is 5.56 Å². The summed E-state index contributed by atoms with van der Waals surface area (Å²) in [5, 5.41) is 0. The minimum Gasteiger partial charge on any atom is -0.465 e. The number of amides is 1. The molecule has 0 bridgehead atoms. The fourth-order valence-corrected chi connectivity index (χ4v) is 3.64. The molecule has 0 saturated carbocycles. The summed E-state index contributed by atoms with van der Waals surface area (Å²) in [5.74, 6) is 2.12. The second-order valence-corrected chi connectivity index (χ2v) is 7.55. The Kier molecular flexibility index (Phi) is 5.28. The number of esters is 1. The molecule has 1 aromatic heterocycles. The maximum absolute atomic E-state index is 12.3. The Morgan fingerprint density at radius 2 is 2.04 bits per heavy atom. The van der Waals surface area contributed by atoms with Gasteiger partial charge in [0.2, 0.25) is 5.91 Å². The Morgan fingerprint density at radius 1 is 1.25 bits per heavy atom. The van der Waals surface area contributed by atoms with Gasteiger partial charge in [-0.15, -0.1) is 0 Å². The van der Waals surface area contributed by atoms with E-state index in [4.69, 9.17) is 9.47 Å². The fraction of sp³-hybridized carbons (Fsp3) is 0.409. The van der Waals surface area contributed by atoms with E-state index in [0.717, 1.165) is 36.7 Å². The molecule has 6 nitrogen and oxygen atoms in total. The maximum Gasteiger partial charge on any atom is 0.306 e. The number of rotatable bonds is 6. The van der Waals surface area contributed by atoms with E-state index in [-0.39, 0.29) is 17.8 Å². The van der Waals surface area contributed by atoms with Crippen LogP contribution in [0, 0.1) is 12.8 Å². The highest BCUT2D eigenvalue weighted by Gasteiger charge is 2.32. The van der Waals surface area contributed by atoms with Gasteiger partial charge in [-0.05, 0) is 43.2 Å². The van der Waals surface area contributed by atoms with Gasteiger partial charge in [0.05, 0.1) is 18.7 Å². The molecule has 0 spiro atoms. The van der Waals surface area contributed by atoms with Crippen molar-refractivity contribution < 1.29 is 19.1 Å². The largest absolute Gasteiger partial charge is 0.465 e. The summed E-state index contributed by atoms with van der Waals surface area (Å²) in [6.07, 6.45) is 3.41. The number of cyclic esters (lactones) is 1. The van der Waals surface area contributed by atoms with Crippen LogP contribution in [0.25, 0.3) is 0 Å². The summed E-state index contributed by atoms with van der Waals surface area (Å²) in [4.78, 5) is 29.5. The highest BCUT2D eigenvalue weighted by molar-refractivity contribution is 5.77. The van der Waals surface area contributed by atoms with Gasteiger partial charge in [0.25, 0.3) is 0 Å². The van der Waals surface area contributed by atoms with Crippen LogP contribution in [0.4, 0.5) is 0 Å². The van der Waals surface area contributed by atoms with Crippen molar-refractivity contribution >= 4 is 11.9 Å². The van der Waals surface area contributed by atoms with E-state index in [1.807, 2.05) is 36.1 Å². The Hall–Kier alpha value is -2.89. The summed E-state index contributed by atoms with van der Waals surface area (Å²) in [5.41, 5.74) is 2.07. The molecular formula is C22H24N2O4. The molecule has 0 N–H and O–H groups in total. The van der Waals surface area contributed by atoms with Crippen LogP contribution >= 0.6 is 0 Å². The average molecular weight is 380 g/mol. The third-order valence-electron chi connectivity index (χ3n) is 5.47. The van der Waals surface area contributed by atoms with Crippen LogP contribution in [0.5, 0.6) is 11.5 Å². The zero-order chi connectivity index (χ0) is 19.5.